The lowest BCUT2D eigenvalue weighted by Crippen LogP contribution is -2.69. The summed E-state index contributed by atoms with van der Waals surface area (Å²) in [5.74, 6) is 0.306. The number of esters is 2. The summed E-state index contributed by atoms with van der Waals surface area (Å²) < 4.78 is 29.5. The highest BCUT2D eigenvalue weighted by molar-refractivity contribution is 7.99. The summed E-state index contributed by atoms with van der Waals surface area (Å²) in [6, 6.07) is 0.828. The Labute approximate surface area is 275 Å². The number of aromatic hydroxyl groups is 1. The number of carbonyl (C=O) groups excluding carboxylic acids is 3. The Morgan fingerprint density at radius 3 is 2.66 bits per heavy atom. The summed E-state index contributed by atoms with van der Waals surface area (Å²) in [6.07, 6.45) is 0.659. The molecule has 47 heavy (non-hydrogen) atoms. The first-order valence-corrected chi connectivity index (χ1v) is 16.7. The zero-order chi connectivity index (χ0) is 33.3. The van der Waals surface area contributed by atoms with Gasteiger partial charge in [-0.3, -0.25) is 14.5 Å². The molecule has 6 aliphatic heterocycles. The molecule has 6 heterocycles. The second kappa shape index (κ2) is 11.8. The number of nitriles is 1. The van der Waals surface area contributed by atoms with Crippen LogP contribution in [-0.4, -0.2) is 78.3 Å². The lowest BCUT2D eigenvalue weighted by molar-refractivity contribution is -0.150. The van der Waals surface area contributed by atoms with Gasteiger partial charge in [0.2, 0.25) is 12.7 Å². The first-order chi connectivity index (χ1) is 22.6. The SMILES string of the molecule is CCC(=O)NC1CS[C@@H]2c3c(OC(C)=O)c(C)c4c(c3[C@H](COC1=O)N1[C@@H]2C2NC(Cc3cc(C)c(OC)c(O)c32)[C@@H]1C#N)OCO4. The zero-order valence-electron chi connectivity index (χ0n) is 26.7. The van der Waals surface area contributed by atoms with Crippen molar-refractivity contribution in [2.75, 3.05) is 26.3 Å². The van der Waals surface area contributed by atoms with Gasteiger partial charge in [0.05, 0.1) is 30.5 Å². The van der Waals surface area contributed by atoms with Gasteiger partial charge in [-0.1, -0.05) is 13.0 Å². The van der Waals surface area contributed by atoms with Gasteiger partial charge in [-0.25, -0.2) is 4.79 Å². The maximum Gasteiger partial charge on any atom is 0.329 e. The van der Waals surface area contributed by atoms with Crippen molar-refractivity contribution in [3.8, 4) is 34.8 Å². The van der Waals surface area contributed by atoms with Gasteiger partial charge < -0.3 is 39.4 Å². The van der Waals surface area contributed by atoms with Crippen molar-refractivity contribution in [2.24, 2.45) is 0 Å². The largest absolute Gasteiger partial charge is 0.504 e. The van der Waals surface area contributed by atoms with Gasteiger partial charge in [-0.2, -0.15) is 5.26 Å². The molecule has 0 aliphatic carbocycles. The predicted molar refractivity (Wildman–Crippen MR) is 168 cm³/mol. The number of thioether (sulfide) groups is 1. The number of piperazine rings is 1. The summed E-state index contributed by atoms with van der Waals surface area (Å²) in [5.41, 5.74) is 4.23. The van der Waals surface area contributed by atoms with Crippen LogP contribution in [0.15, 0.2) is 6.07 Å². The molecule has 4 bridgehead atoms. The Morgan fingerprint density at radius 1 is 1.19 bits per heavy atom. The molecule has 0 aromatic heterocycles. The molecule has 0 radical (unpaired) electrons. The van der Waals surface area contributed by atoms with E-state index in [1.165, 1.54) is 25.8 Å². The summed E-state index contributed by atoms with van der Waals surface area (Å²) >= 11 is 1.39. The first-order valence-electron chi connectivity index (χ1n) is 15.6. The molecular weight excluding hydrogens is 628 g/mol. The van der Waals surface area contributed by atoms with Crippen molar-refractivity contribution in [1.29, 1.82) is 5.26 Å². The molecule has 248 valence electrons. The van der Waals surface area contributed by atoms with Gasteiger partial charge in [0.25, 0.3) is 0 Å². The highest BCUT2D eigenvalue weighted by atomic mass is 32.2. The highest BCUT2D eigenvalue weighted by Gasteiger charge is 2.59. The number of nitrogens with one attached hydrogen (secondary N) is 2. The Morgan fingerprint density at radius 2 is 1.96 bits per heavy atom. The van der Waals surface area contributed by atoms with Crippen molar-refractivity contribution in [3.63, 3.8) is 0 Å². The van der Waals surface area contributed by atoms with Crippen molar-refractivity contribution < 1.29 is 43.2 Å². The minimum Gasteiger partial charge on any atom is -0.504 e. The van der Waals surface area contributed by atoms with E-state index >= 15 is 0 Å². The minimum atomic E-state index is -0.943. The number of amides is 1. The number of phenolic OH excluding ortho intramolecular Hbond substituents is 1. The van der Waals surface area contributed by atoms with E-state index in [2.05, 4.69) is 21.6 Å². The van der Waals surface area contributed by atoms with E-state index in [4.69, 9.17) is 23.7 Å². The van der Waals surface area contributed by atoms with Gasteiger partial charge in [0.1, 0.15) is 24.4 Å². The maximum absolute atomic E-state index is 13.5. The number of hydrogen-bond donors (Lipinski definition) is 3. The van der Waals surface area contributed by atoms with Crippen LogP contribution in [0.3, 0.4) is 0 Å². The van der Waals surface area contributed by atoms with Crippen LogP contribution >= 0.6 is 11.8 Å². The smallest absolute Gasteiger partial charge is 0.329 e. The van der Waals surface area contributed by atoms with Crippen molar-refractivity contribution in [3.05, 3.63) is 39.4 Å². The normalized spacial score (nSPS) is 28.6. The van der Waals surface area contributed by atoms with E-state index in [9.17, 15) is 24.8 Å². The Hall–Kier alpha value is -4.19. The Balaban J connectivity index is 1.51. The summed E-state index contributed by atoms with van der Waals surface area (Å²) in [6.45, 7) is 6.47. The van der Waals surface area contributed by atoms with Crippen LogP contribution in [0.1, 0.15) is 71.0 Å². The second-order valence-electron chi connectivity index (χ2n) is 12.4. The third kappa shape index (κ3) is 4.77. The molecule has 6 aliphatic rings. The predicted octanol–water partition coefficient (Wildman–Crippen LogP) is 2.78. The van der Waals surface area contributed by atoms with Gasteiger partial charge in [0.15, 0.2) is 23.0 Å². The van der Waals surface area contributed by atoms with Crippen LogP contribution in [0.2, 0.25) is 0 Å². The fourth-order valence-electron chi connectivity index (χ4n) is 7.97. The number of aryl methyl sites for hydroxylation is 1. The molecule has 7 atom stereocenters. The number of nitrogens with zero attached hydrogens (tertiary/aromatic N) is 2. The molecule has 2 fully saturated rings. The summed E-state index contributed by atoms with van der Waals surface area (Å²) in [7, 11) is 1.51. The van der Waals surface area contributed by atoms with E-state index in [0.29, 0.717) is 51.7 Å². The molecule has 3 unspecified atom stereocenters. The summed E-state index contributed by atoms with van der Waals surface area (Å²) in [4.78, 5) is 40.7. The quantitative estimate of drug-likeness (QED) is 0.323. The number of methoxy groups -OCH3 is 1. The lowest BCUT2D eigenvalue weighted by atomic mass is 9.72. The molecule has 2 saturated heterocycles. The van der Waals surface area contributed by atoms with Crippen molar-refractivity contribution >= 4 is 29.6 Å². The fraction of sp³-hybridized carbons (Fsp3) is 0.515. The molecule has 0 spiro atoms. The molecular formula is C33H36N4O9S. The van der Waals surface area contributed by atoms with E-state index in [1.54, 1.807) is 13.8 Å². The summed E-state index contributed by atoms with van der Waals surface area (Å²) in [5, 5.41) is 28.4. The molecule has 3 N–H and O–H groups in total. The van der Waals surface area contributed by atoms with E-state index in [1.807, 2.05) is 13.0 Å². The topological polar surface area (TPSA) is 169 Å². The van der Waals surface area contributed by atoms with E-state index in [0.717, 1.165) is 11.1 Å². The number of ether oxygens (including phenoxy) is 5. The Bertz CT molecular complexity index is 1740. The van der Waals surface area contributed by atoms with Crippen LogP contribution in [0, 0.1) is 25.2 Å². The van der Waals surface area contributed by atoms with Crippen molar-refractivity contribution in [2.45, 2.75) is 82.0 Å². The highest BCUT2D eigenvalue weighted by Crippen LogP contribution is 2.62. The minimum absolute atomic E-state index is 0.0218. The van der Waals surface area contributed by atoms with E-state index in [-0.39, 0.29) is 43.3 Å². The van der Waals surface area contributed by atoms with Gasteiger partial charge >= 0.3 is 11.9 Å². The van der Waals surface area contributed by atoms with Crippen LogP contribution in [0.4, 0.5) is 0 Å². The molecule has 2 aromatic carbocycles. The van der Waals surface area contributed by atoms with Gasteiger partial charge in [-0.15, -0.1) is 11.8 Å². The molecule has 14 heteroatoms. The standard InChI is InChI=1S/C33H36N4O9S/c1-6-21(39)35-18-11-47-32-24-23(31-30(44-12-45-31)14(3)29(24)46-15(4)38)20(10-43-33(18)41)37-19(9-34)17-8-16-7-13(2)28(42-5)27(40)22(16)25(36-17)26(32)37/h7,17-20,25-26,32,36,40H,6,8,10-12H2,1-5H3,(H,35,39)/t17?,18?,19-,20-,25?,26+,32+/m0/s1. The first kappa shape index (κ1) is 31.4. The second-order valence-corrected chi connectivity index (χ2v) is 13.6. The van der Waals surface area contributed by atoms with Crippen LogP contribution in [0.25, 0.3) is 0 Å². The average molecular weight is 665 g/mol. The molecule has 13 nitrogen and oxygen atoms in total. The molecule has 0 saturated carbocycles. The van der Waals surface area contributed by atoms with Gasteiger partial charge in [0, 0.05) is 53.4 Å². The lowest BCUT2D eigenvalue weighted by Gasteiger charge is -2.59. The average Bonchev–Trinajstić information content (AvgIpc) is 3.53. The number of fused-ring (bicyclic) bond motifs is 10. The number of hydrogen-bond acceptors (Lipinski definition) is 13. The number of phenols is 1. The van der Waals surface area contributed by atoms with Crippen LogP contribution in [-0.2, 0) is 25.5 Å². The maximum atomic E-state index is 13.5. The monoisotopic (exact) mass is 664 g/mol. The Kier molecular flexibility index (Phi) is 7.89. The van der Waals surface area contributed by atoms with Gasteiger partial charge in [-0.05, 0) is 31.4 Å². The molecule has 8 rings (SSSR count). The third-order valence-corrected chi connectivity index (χ3v) is 11.2. The van der Waals surface area contributed by atoms with Crippen LogP contribution < -0.4 is 29.6 Å². The number of carbonyl (C=O) groups is 3. The van der Waals surface area contributed by atoms with E-state index < -0.39 is 47.4 Å². The van der Waals surface area contributed by atoms with Crippen LogP contribution in [0.5, 0.6) is 28.7 Å². The molecule has 1 amide bonds. The number of rotatable bonds is 4. The molecule has 2 aromatic rings. The fourth-order valence-corrected chi connectivity index (χ4v) is 9.48. The third-order valence-electron chi connectivity index (χ3n) is 9.81. The number of benzene rings is 2. The zero-order valence-corrected chi connectivity index (χ0v) is 27.5. The van der Waals surface area contributed by atoms with Crippen molar-refractivity contribution in [1.82, 2.24) is 15.5 Å².